The summed E-state index contributed by atoms with van der Waals surface area (Å²) in [6.07, 6.45) is 6.03. The third kappa shape index (κ3) is 4.67. The Morgan fingerprint density at radius 2 is 1.87 bits per heavy atom. The molecule has 0 radical (unpaired) electrons. The number of halogens is 3. The molecule has 1 N–H and O–H groups in total. The van der Waals surface area contributed by atoms with Crippen LogP contribution in [0.15, 0.2) is 42.7 Å². The van der Waals surface area contributed by atoms with Gasteiger partial charge in [0.05, 0.1) is 5.60 Å². The van der Waals surface area contributed by atoms with Crippen LogP contribution in [0.5, 0.6) is 0 Å². The summed E-state index contributed by atoms with van der Waals surface area (Å²) in [5, 5.41) is 3.34. The van der Waals surface area contributed by atoms with Gasteiger partial charge in [0.25, 0.3) is 0 Å². The summed E-state index contributed by atoms with van der Waals surface area (Å²) in [7, 11) is 0. The summed E-state index contributed by atoms with van der Waals surface area (Å²) in [6, 6.07) is 8.81. The van der Waals surface area contributed by atoms with E-state index >= 15 is 0 Å². The average molecular weight is 419 g/mol. The number of nitrogens with zero attached hydrogens (tertiary/aromatic N) is 2. The molecule has 4 rings (SSSR count). The van der Waals surface area contributed by atoms with Crippen molar-refractivity contribution in [3.63, 3.8) is 0 Å². The number of pyridine rings is 2. The van der Waals surface area contributed by atoms with Crippen molar-refractivity contribution in [2.75, 3.05) is 13.2 Å². The molecule has 1 saturated carbocycles. The SMILES string of the molecule is FC(F)(F)c1cc(CNCC[C@]2(c3ccccn3)CCOC3(CCCC3)C2)ccn1. The average Bonchev–Trinajstić information content (AvgIpc) is 3.19. The van der Waals surface area contributed by atoms with Crippen LogP contribution >= 0.6 is 0 Å². The highest BCUT2D eigenvalue weighted by Gasteiger charge is 2.48. The van der Waals surface area contributed by atoms with Crippen molar-refractivity contribution in [3.05, 3.63) is 59.7 Å². The molecule has 3 heterocycles. The highest BCUT2D eigenvalue weighted by Crippen LogP contribution is 2.49. The number of hydrogen-bond acceptors (Lipinski definition) is 4. The minimum absolute atomic E-state index is 0.0392. The van der Waals surface area contributed by atoms with Gasteiger partial charge in [-0.15, -0.1) is 0 Å². The van der Waals surface area contributed by atoms with Crippen LogP contribution in [-0.4, -0.2) is 28.7 Å². The maximum Gasteiger partial charge on any atom is 0.433 e. The van der Waals surface area contributed by atoms with Crippen molar-refractivity contribution < 1.29 is 17.9 Å². The normalized spacial score (nSPS) is 23.7. The molecule has 7 heteroatoms. The van der Waals surface area contributed by atoms with Crippen LogP contribution in [0.3, 0.4) is 0 Å². The largest absolute Gasteiger partial charge is 0.433 e. The summed E-state index contributed by atoms with van der Waals surface area (Å²) >= 11 is 0. The van der Waals surface area contributed by atoms with E-state index in [-0.39, 0.29) is 11.0 Å². The number of alkyl halides is 3. The lowest BCUT2D eigenvalue weighted by Crippen LogP contribution is -2.47. The number of hydrogen-bond donors (Lipinski definition) is 1. The predicted octanol–water partition coefficient (Wildman–Crippen LogP) is 5.04. The Morgan fingerprint density at radius 3 is 2.60 bits per heavy atom. The first-order valence-corrected chi connectivity index (χ1v) is 10.7. The molecule has 0 aromatic carbocycles. The van der Waals surface area contributed by atoms with E-state index in [0.717, 1.165) is 50.5 Å². The third-order valence-electron chi connectivity index (χ3n) is 6.60. The Kier molecular flexibility index (Phi) is 6.11. The zero-order valence-electron chi connectivity index (χ0n) is 17.0. The monoisotopic (exact) mass is 419 g/mol. The first kappa shape index (κ1) is 21.2. The number of aromatic nitrogens is 2. The lowest BCUT2D eigenvalue weighted by atomic mass is 9.68. The van der Waals surface area contributed by atoms with Crippen molar-refractivity contribution in [2.45, 2.75) is 68.7 Å². The second-order valence-electron chi connectivity index (χ2n) is 8.63. The highest BCUT2D eigenvalue weighted by atomic mass is 19.4. The molecule has 0 bridgehead atoms. The Bertz CT molecular complexity index is 837. The van der Waals surface area contributed by atoms with Gasteiger partial charge in [0, 0.05) is 36.7 Å². The Morgan fingerprint density at radius 1 is 1.03 bits per heavy atom. The number of ether oxygens (including phenoxy) is 1. The van der Waals surface area contributed by atoms with Gasteiger partial charge in [-0.2, -0.15) is 13.2 Å². The molecule has 1 atom stereocenters. The van der Waals surface area contributed by atoms with E-state index in [1.165, 1.54) is 19.0 Å². The topological polar surface area (TPSA) is 47.0 Å². The molecule has 162 valence electrons. The molecule has 1 saturated heterocycles. The summed E-state index contributed by atoms with van der Waals surface area (Å²) in [6.45, 7) is 1.82. The molecular weight excluding hydrogens is 391 g/mol. The van der Waals surface area contributed by atoms with Gasteiger partial charge in [-0.3, -0.25) is 9.97 Å². The fraction of sp³-hybridized carbons (Fsp3) is 0.565. The van der Waals surface area contributed by atoms with E-state index in [9.17, 15) is 13.2 Å². The van der Waals surface area contributed by atoms with E-state index in [1.807, 2.05) is 18.3 Å². The van der Waals surface area contributed by atoms with E-state index in [2.05, 4.69) is 21.4 Å². The molecule has 0 unspecified atom stereocenters. The van der Waals surface area contributed by atoms with Crippen molar-refractivity contribution in [1.29, 1.82) is 0 Å². The molecule has 2 aromatic rings. The lowest BCUT2D eigenvalue weighted by molar-refractivity contribution is -0.141. The van der Waals surface area contributed by atoms with Gasteiger partial charge in [-0.05, 0) is 68.5 Å². The van der Waals surface area contributed by atoms with Crippen LogP contribution in [0.4, 0.5) is 13.2 Å². The van der Waals surface area contributed by atoms with E-state index < -0.39 is 11.9 Å². The smallest absolute Gasteiger partial charge is 0.375 e. The van der Waals surface area contributed by atoms with Gasteiger partial charge < -0.3 is 10.1 Å². The zero-order chi connectivity index (χ0) is 21.1. The quantitative estimate of drug-likeness (QED) is 0.667. The molecular formula is C23H28F3N3O. The van der Waals surface area contributed by atoms with Crippen LogP contribution in [-0.2, 0) is 22.9 Å². The minimum atomic E-state index is -4.42. The van der Waals surface area contributed by atoms with Crippen LogP contribution in [0.1, 0.15) is 61.9 Å². The Balaban J connectivity index is 1.43. The Hall–Kier alpha value is -1.99. The van der Waals surface area contributed by atoms with Gasteiger partial charge in [0.2, 0.25) is 0 Å². The first-order chi connectivity index (χ1) is 14.4. The van der Waals surface area contributed by atoms with Crippen molar-refractivity contribution in [1.82, 2.24) is 15.3 Å². The van der Waals surface area contributed by atoms with Gasteiger partial charge >= 0.3 is 6.18 Å². The van der Waals surface area contributed by atoms with Crippen LogP contribution in [0.2, 0.25) is 0 Å². The van der Waals surface area contributed by atoms with Gasteiger partial charge in [-0.1, -0.05) is 18.9 Å². The number of nitrogens with one attached hydrogen (secondary N) is 1. The molecule has 4 nitrogen and oxygen atoms in total. The van der Waals surface area contributed by atoms with Gasteiger partial charge in [-0.25, -0.2) is 0 Å². The molecule has 1 spiro atoms. The second kappa shape index (κ2) is 8.63. The summed E-state index contributed by atoms with van der Waals surface area (Å²) in [5.41, 5.74) is 0.738. The van der Waals surface area contributed by atoms with Gasteiger partial charge in [0.1, 0.15) is 5.69 Å². The Labute approximate surface area is 175 Å². The number of rotatable bonds is 6. The van der Waals surface area contributed by atoms with Crippen LogP contribution < -0.4 is 5.32 Å². The fourth-order valence-corrected chi connectivity index (χ4v) is 5.10. The third-order valence-corrected chi connectivity index (χ3v) is 6.60. The molecule has 30 heavy (non-hydrogen) atoms. The predicted molar refractivity (Wildman–Crippen MR) is 108 cm³/mol. The van der Waals surface area contributed by atoms with E-state index in [4.69, 9.17) is 4.74 Å². The minimum Gasteiger partial charge on any atom is -0.375 e. The molecule has 2 fully saturated rings. The van der Waals surface area contributed by atoms with Gasteiger partial charge in [0.15, 0.2) is 0 Å². The van der Waals surface area contributed by atoms with Crippen LogP contribution in [0, 0.1) is 0 Å². The van der Waals surface area contributed by atoms with E-state index in [1.54, 1.807) is 6.07 Å². The molecule has 0 amide bonds. The summed E-state index contributed by atoms with van der Waals surface area (Å²) in [5.74, 6) is 0. The fourth-order valence-electron chi connectivity index (χ4n) is 5.10. The summed E-state index contributed by atoms with van der Waals surface area (Å²) < 4.78 is 44.9. The zero-order valence-corrected chi connectivity index (χ0v) is 17.0. The molecule has 2 aromatic heterocycles. The first-order valence-electron chi connectivity index (χ1n) is 10.7. The van der Waals surface area contributed by atoms with Crippen molar-refractivity contribution in [3.8, 4) is 0 Å². The molecule has 2 aliphatic rings. The highest BCUT2D eigenvalue weighted by molar-refractivity contribution is 5.21. The van der Waals surface area contributed by atoms with Crippen molar-refractivity contribution >= 4 is 0 Å². The molecule has 1 aliphatic carbocycles. The maximum absolute atomic E-state index is 12.9. The second-order valence-corrected chi connectivity index (χ2v) is 8.63. The lowest BCUT2D eigenvalue weighted by Gasteiger charge is -2.46. The van der Waals surface area contributed by atoms with E-state index in [0.29, 0.717) is 18.7 Å². The molecule has 1 aliphatic heterocycles. The standard InChI is InChI=1S/C23H28F3N3O/c24-23(25,26)20-15-18(6-12-29-20)16-27-13-9-21(19-5-1-4-11-28-19)10-14-30-22(17-21)7-2-3-8-22/h1,4-6,11-12,15,27H,2-3,7-10,13-14,16-17H2/t21-/m0/s1. The maximum atomic E-state index is 12.9. The van der Waals surface area contributed by atoms with Crippen molar-refractivity contribution in [2.24, 2.45) is 0 Å². The van der Waals surface area contributed by atoms with Crippen LogP contribution in [0.25, 0.3) is 0 Å². The summed E-state index contributed by atoms with van der Waals surface area (Å²) in [4.78, 5) is 8.12.